The first kappa shape index (κ1) is 21.0. The van der Waals surface area contributed by atoms with E-state index in [2.05, 4.69) is 10.6 Å². The molecule has 156 valence electrons. The van der Waals surface area contributed by atoms with Crippen molar-refractivity contribution in [2.75, 3.05) is 25.5 Å². The molecule has 0 unspecified atom stereocenters. The average Bonchev–Trinajstić information content (AvgIpc) is 2.92. The van der Waals surface area contributed by atoms with E-state index >= 15 is 0 Å². The molecule has 8 nitrogen and oxygen atoms in total. The van der Waals surface area contributed by atoms with Crippen LogP contribution in [0, 0.1) is 5.82 Å². The number of anilines is 1. The Labute approximate surface area is 172 Å². The van der Waals surface area contributed by atoms with Crippen LogP contribution in [0.15, 0.2) is 54.6 Å². The molecule has 2 aromatic rings. The molecule has 2 aromatic carbocycles. The number of halogens is 1. The molecule has 9 heteroatoms. The molecule has 2 N–H and O–H groups in total. The highest BCUT2D eigenvalue weighted by Gasteiger charge is 2.49. The Hall–Kier alpha value is -3.75. The van der Waals surface area contributed by atoms with Crippen molar-refractivity contribution in [2.24, 2.45) is 0 Å². The number of carbonyl (C=O) groups excluding carboxylic acids is 4. The van der Waals surface area contributed by atoms with Crippen LogP contribution in [0.3, 0.4) is 0 Å². The molecule has 3 rings (SSSR count). The summed E-state index contributed by atoms with van der Waals surface area (Å²) in [7, 11) is 1.38. The number of hydrogen-bond acceptors (Lipinski definition) is 4. The minimum atomic E-state index is -1.27. The molecule has 0 aromatic heterocycles. The Balaban J connectivity index is 1.61. The molecule has 1 heterocycles. The van der Waals surface area contributed by atoms with Crippen molar-refractivity contribution in [2.45, 2.75) is 12.5 Å². The monoisotopic (exact) mass is 412 g/mol. The van der Waals surface area contributed by atoms with Gasteiger partial charge in [-0.05, 0) is 30.7 Å². The fraction of sp³-hybridized carbons (Fsp3) is 0.238. The SMILES string of the molecule is CN(CC(=O)Nc1cccc(F)c1)C(=O)CN1C(=O)N[C@](C)(c2ccccc2)C1=O. The van der Waals surface area contributed by atoms with Gasteiger partial charge in [-0.1, -0.05) is 36.4 Å². The summed E-state index contributed by atoms with van der Waals surface area (Å²) in [4.78, 5) is 51.7. The number of hydrogen-bond donors (Lipinski definition) is 2. The number of nitrogens with zero attached hydrogens (tertiary/aromatic N) is 2. The molecule has 1 saturated heterocycles. The van der Waals surface area contributed by atoms with E-state index < -0.39 is 41.7 Å². The van der Waals surface area contributed by atoms with Crippen molar-refractivity contribution in [1.82, 2.24) is 15.1 Å². The van der Waals surface area contributed by atoms with Gasteiger partial charge in [0.15, 0.2) is 0 Å². The fourth-order valence-electron chi connectivity index (χ4n) is 3.13. The molecule has 1 aliphatic rings. The zero-order valence-corrected chi connectivity index (χ0v) is 16.5. The molecule has 30 heavy (non-hydrogen) atoms. The van der Waals surface area contributed by atoms with Crippen LogP contribution in [-0.4, -0.2) is 53.7 Å². The summed E-state index contributed by atoms with van der Waals surface area (Å²) in [5.74, 6) is -2.19. The van der Waals surface area contributed by atoms with Gasteiger partial charge in [0, 0.05) is 12.7 Å². The highest BCUT2D eigenvalue weighted by Crippen LogP contribution is 2.28. The maximum Gasteiger partial charge on any atom is 0.325 e. The minimum Gasteiger partial charge on any atom is -0.335 e. The zero-order chi connectivity index (χ0) is 21.9. The normalized spacial score (nSPS) is 18.2. The third-order valence-corrected chi connectivity index (χ3v) is 4.83. The lowest BCUT2D eigenvalue weighted by molar-refractivity contribution is -0.139. The second kappa shape index (κ2) is 8.32. The van der Waals surface area contributed by atoms with E-state index in [1.54, 1.807) is 37.3 Å². The number of urea groups is 1. The van der Waals surface area contributed by atoms with Gasteiger partial charge in [-0.2, -0.15) is 0 Å². The van der Waals surface area contributed by atoms with Gasteiger partial charge in [0.25, 0.3) is 5.91 Å². The van der Waals surface area contributed by atoms with Gasteiger partial charge in [0.1, 0.15) is 17.9 Å². The van der Waals surface area contributed by atoms with E-state index in [9.17, 15) is 23.6 Å². The molecule has 5 amide bonds. The maximum atomic E-state index is 13.2. The third kappa shape index (κ3) is 4.29. The van der Waals surface area contributed by atoms with Gasteiger partial charge in [-0.15, -0.1) is 0 Å². The summed E-state index contributed by atoms with van der Waals surface area (Å²) in [6, 6.07) is 13.4. The van der Waals surface area contributed by atoms with Gasteiger partial charge in [0.2, 0.25) is 11.8 Å². The number of rotatable bonds is 6. The Morgan fingerprint density at radius 2 is 1.83 bits per heavy atom. The van der Waals surface area contributed by atoms with E-state index in [1.807, 2.05) is 0 Å². The van der Waals surface area contributed by atoms with Crippen LogP contribution in [0.2, 0.25) is 0 Å². The fourth-order valence-corrected chi connectivity index (χ4v) is 3.13. The van der Waals surface area contributed by atoms with Gasteiger partial charge in [-0.25, -0.2) is 9.18 Å². The quantitative estimate of drug-likeness (QED) is 0.706. The van der Waals surface area contributed by atoms with Crippen LogP contribution in [-0.2, 0) is 19.9 Å². The van der Waals surface area contributed by atoms with Gasteiger partial charge in [-0.3, -0.25) is 19.3 Å². The van der Waals surface area contributed by atoms with Gasteiger partial charge >= 0.3 is 6.03 Å². The first-order valence-electron chi connectivity index (χ1n) is 9.20. The summed E-state index contributed by atoms with van der Waals surface area (Å²) in [5, 5.41) is 5.10. The molecule has 1 atom stereocenters. The van der Waals surface area contributed by atoms with Crippen LogP contribution in [0.25, 0.3) is 0 Å². The van der Waals surface area contributed by atoms with Gasteiger partial charge < -0.3 is 15.5 Å². The van der Waals surface area contributed by atoms with Crippen molar-refractivity contribution in [1.29, 1.82) is 0 Å². The molecule has 1 fully saturated rings. The van der Waals surface area contributed by atoms with Crippen LogP contribution in [0.4, 0.5) is 14.9 Å². The molecule has 0 saturated carbocycles. The largest absolute Gasteiger partial charge is 0.335 e. The lowest BCUT2D eigenvalue weighted by Crippen LogP contribution is -2.45. The van der Waals surface area contributed by atoms with Crippen LogP contribution < -0.4 is 10.6 Å². The molecule has 0 bridgehead atoms. The Morgan fingerprint density at radius 3 is 2.50 bits per heavy atom. The second-order valence-electron chi connectivity index (χ2n) is 7.12. The summed E-state index contributed by atoms with van der Waals surface area (Å²) in [6.45, 7) is 0.745. The number of benzene rings is 2. The van der Waals surface area contributed by atoms with Crippen molar-refractivity contribution in [3.05, 3.63) is 66.0 Å². The second-order valence-corrected chi connectivity index (χ2v) is 7.12. The van der Waals surface area contributed by atoms with E-state index in [0.717, 1.165) is 15.9 Å². The minimum absolute atomic E-state index is 0.258. The lowest BCUT2D eigenvalue weighted by atomic mass is 9.92. The predicted molar refractivity (Wildman–Crippen MR) is 107 cm³/mol. The van der Waals surface area contributed by atoms with Crippen molar-refractivity contribution in [3.63, 3.8) is 0 Å². The summed E-state index contributed by atoms with van der Waals surface area (Å²) in [6.07, 6.45) is 0. The molecule has 0 spiro atoms. The van der Waals surface area contributed by atoms with Crippen LogP contribution in [0.1, 0.15) is 12.5 Å². The number of amides is 5. The van der Waals surface area contributed by atoms with E-state index in [1.165, 1.54) is 25.2 Å². The smallest absolute Gasteiger partial charge is 0.325 e. The highest BCUT2D eigenvalue weighted by molar-refractivity contribution is 6.09. The third-order valence-electron chi connectivity index (χ3n) is 4.83. The molecular weight excluding hydrogens is 391 g/mol. The molecule has 0 aliphatic carbocycles. The first-order chi connectivity index (χ1) is 14.2. The Bertz CT molecular complexity index is 998. The zero-order valence-electron chi connectivity index (χ0n) is 16.5. The average molecular weight is 412 g/mol. The molecule has 1 aliphatic heterocycles. The molecular formula is C21H21FN4O4. The van der Waals surface area contributed by atoms with E-state index in [-0.39, 0.29) is 12.2 Å². The predicted octanol–water partition coefficient (Wildman–Crippen LogP) is 1.69. The highest BCUT2D eigenvalue weighted by atomic mass is 19.1. The maximum absolute atomic E-state index is 13.2. The van der Waals surface area contributed by atoms with Crippen LogP contribution >= 0.6 is 0 Å². The van der Waals surface area contributed by atoms with E-state index in [0.29, 0.717) is 5.56 Å². The number of carbonyl (C=O) groups is 4. The topological polar surface area (TPSA) is 98.8 Å². The number of nitrogens with one attached hydrogen (secondary N) is 2. The lowest BCUT2D eigenvalue weighted by Gasteiger charge is -2.23. The summed E-state index contributed by atoms with van der Waals surface area (Å²) < 4.78 is 13.2. The van der Waals surface area contributed by atoms with E-state index in [4.69, 9.17) is 0 Å². The van der Waals surface area contributed by atoms with Crippen molar-refractivity contribution < 1.29 is 23.6 Å². The van der Waals surface area contributed by atoms with Crippen molar-refractivity contribution >= 4 is 29.4 Å². The Kier molecular flexibility index (Phi) is 5.81. The molecule has 0 radical (unpaired) electrons. The van der Waals surface area contributed by atoms with Crippen molar-refractivity contribution in [3.8, 4) is 0 Å². The van der Waals surface area contributed by atoms with Crippen LogP contribution in [0.5, 0.6) is 0 Å². The number of likely N-dealkylation sites (N-methyl/N-ethyl adjacent to an activating group) is 1. The van der Waals surface area contributed by atoms with Gasteiger partial charge in [0.05, 0.1) is 6.54 Å². The standard InChI is InChI=1S/C21H21FN4O4/c1-21(14-7-4-3-5-8-14)19(29)26(20(30)24-21)13-18(28)25(2)12-17(27)23-16-10-6-9-15(22)11-16/h3-11H,12-13H2,1-2H3,(H,23,27)(H,24,30)/t21-/m1/s1. The first-order valence-corrected chi connectivity index (χ1v) is 9.20. The summed E-state index contributed by atoms with van der Waals surface area (Å²) >= 11 is 0. The number of imide groups is 1. The Morgan fingerprint density at radius 1 is 1.13 bits per heavy atom. The summed E-state index contributed by atoms with van der Waals surface area (Å²) in [5.41, 5.74) is -0.416.